The number of rotatable bonds is 3. The van der Waals surface area contributed by atoms with Crippen molar-refractivity contribution in [3.8, 4) is 44.9 Å². The van der Waals surface area contributed by atoms with Gasteiger partial charge in [0.05, 0.1) is 0 Å². The van der Waals surface area contributed by atoms with E-state index in [4.69, 9.17) is 0 Å². The Kier molecular flexibility index (Phi) is 5.74. The van der Waals surface area contributed by atoms with Crippen LogP contribution in [-0.4, -0.2) is 10.2 Å². The first-order valence-corrected chi connectivity index (χ1v) is 16.6. The third-order valence-electron chi connectivity index (χ3n) is 10.6. The van der Waals surface area contributed by atoms with Crippen molar-refractivity contribution in [2.75, 3.05) is 0 Å². The van der Waals surface area contributed by atoms with E-state index in [-0.39, 0.29) is 23.3 Å². The summed E-state index contributed by atoms with van der Waals surface area (Å²) in [6, 6.07) is 54.7. The van der Waals surface area contributed by atoms with Crippen LogP contribution in [-0.2, 0) is 0 Å². The molecule has 0 saturated carbocycles. The highest BCUT2D eigenvalue weighted by molar-refractivity contribution is 6.19. The van der Waals surface area contributed by atoms with Crippen LogP contribution in [0.25, 0.3) is 54.9 Å². The summed E-state index contributed by atoms with van der Waals surface area (Å²) in [7, 11) is 0. The van der Waals surface area contributed by atoms with Crippen LogP contribution in [0.5, 0.6) is 11.5 Å². The van der Waals surface area contributed by atoms with E-state index in [0.717, 1.165) is 66.1 Å². The molecule has 8 aromatic rings. The smallest absolute Gasteiger partial charge is 0.128 e. The fourth-order valence-corrected chi connectivity index (χ4v) is 8.79. The zero-order valence-electron chi connectivity index (χ0n) is 26.1. The molecule has 0 radical (unpaired) electrons. The van der Waals surface area contributed by atoms with E-state index >= 15 is 0 Å². The van der Waals surface area contributed by atoms with Crippen LogP contribution in [0.3, 0.4) is 0 Å². The molecular formula is C46H30O2. The van der Waals surface area contributed by atoms with Gasteiger partial charge >= 0.3 is 0 Å². The van der Waals surface area contributed by atoms with Crippen molar-refractivity contribution in [1.82, 2.24) is 0 Å². The number of phenolic OH excluding ortho intramolecular Hbond substituents is 2. The van der Waals surface area contributed by atoms with Crippen LogP contribution in [0.4, 0.5) is 0 Å². The second-order valence-corrected chi connectivity index (χ2v) is 13.0. The van der Waals surface area contributed by atoms with Gasteiger partial charge in [-0.3, -0.25) is 0 Å². The molecule has 2 atom stereocenters. The van der Waals surface area contributed by atoms with Crippen LogP contribution in [0.1, 0.15) is 45.2 Å². The molecule has 0 aliphatic heterocycles. The Labute approximate surface area is 278 Å². The Hall–Kier alpha value is -6.12. The number of phenols is 2. The highest BCUT2D eigenvalue weighted by Crippen LogP contribution is 2.62. The van der Waals surface area contributed by atoms with E-state index in [1.54, 1.807) is 0 Å². The molecule has 226 valence electrons. The Balaban J connectivity index is 1.37. The summed E-state index contributed by atoms with van der Waals surface area (Å²) in [5.74, 6) is 0.150. The Morgan fingerprint density at radius 1 is 0.312 bits per heavy atom. The van der Waals surface area contributed by atoms with Gasteiger partial charge in [0, 0.05) is 34.1 Å². The minimum absolute atomic E-state index is 0.148. The topological polar surface area (TPSA) is 40.5 Å². The number of aromatic hydroxyl groups is 2. The van der Waals surface area contributed by atoms with Gasteiger partial charge in [0.1, 0.15) is 11.5 Å². The van der Waals surface area contributed by atoms with Gasteiger partial charge in [-0.15, -0.1) is 0 Å². The van der Waals surface area contributed by atoms with Gasteiger partial charge in [-0.05, 0) is 66.1 Å². The summed E-state index contributed by atoms with van der Waals surface area (Å²) in [6.45, 7) is 0. The van der Waals surface area contributed by atoms with Crippen molar-refractivity contribution in [3.63, 3.8) is 0 Å². The van der Waals surface area contributed by atoms with Gasteiger partial charge in [0.25, 0.3) is 0 Å². The summed E-state index contributed by atoms with van der Waals surface area (Å²) in [4.78, 5) is 0. The third kappa shape index (κ3) is 3.57. The molecule has 2 aliphatic rings. The molecule has 0 fully saturated rings. The summed E-state index contributed by atoms with van der Waals surface area (Å²) >= 11 is 0. The summed E-state index contributed by atoms with van der Waals surface area (Å²) in [6.07, 6.45) is 0. The summed E-state index contributed by atoms with van der Waals surface area (Å²) in [5, 5.41) is 29.7. The lowest BCUT2D eigenvalue weighted by atomic mass is 9.81. The first kappa shape index (κ1) is 27.0. The monoisotopic (exact) mass is 614 g/mol. The summed E-state index contributed by atoms with van der Waals surface area (Å²) < 4.78 is 0. The molecule has 0 amide bonds. The van der Waals surface area contributed by atoms with E-state index in [2.05, 4.69) is 133 Å². The molecule has 2 heteroatoms. The fraction of sp³-hybridized carbons (Fsp3) is 0.0435. The van der Waals surface area contributed by atoms with Crippen molar-refractivity contribution in [2.45, 2.75) is 11.8 Å². The predicted octanol–water partition coefficient (Wildman–Crippen LogP) is 11.4. The Morgan fingerprint density at radius 2 is 0.625 bits per heavy atom. The normalized spacial score (nSPS) is 15.7. The number of benzene rings is 8. The van der Waals surface area contributed by atoms with Crippen LogP contribution in [0, 0.1) is 0 Å². The average Bonchev–Trinajstić information content (AvgIpc) is 3.68. The van der Waals surface area contributed by atoms with Gasteiger partial charge < -0.3 is 10.2 Å². The molecule has 0 spiro atoms. The van der Waals surface area contributed by atoms with Gasteiger partial charge in [-0.2, -0.15) is 0 Å². The maximum atomic E-state index is 12.8. The van der Waals surface area contributed by atoms with E-state index in [1.165, 1.54) is 11.1 Å². The Morgan fingerprint density at radius 3 is 1.02 bits per heavy atom. The van der Waals surface area contributed by atoms with Gasteiger partial charge in [-0.1, -0.05) is 158 Å². The highest BCUT2D eigenvalue weighted by atomic mass is 16.3. The van der Waals surface area contributed by atoms with Crippen molar-refractivity contribution in [1.29, 1.82) is 0 Å². The van der Waals surface area contributed by atoms with Crippen LogP contribution in [0.15, 0.2) is 158 Å². The van der Waals surface area contributed by atoms with Crippen LogP contribution in [0.2, 0.25) is 0 Å². The van der Waals surface area contributed by atoms with Gasteiger partial charge in [0.15, 0.2) is 0 Å². The second-order valence-electron chi connectivity index (χ2n) is 13.0. The lowest BCUT2D eigenvalue weighted by Gasteiger charge is -2.23. The number of hydrogen-bond acceptors (Lipinski definition) is 2. The van der Waals surface area contributed by atoms with Crippen molar-refractivity contribution in [2.24, 2.45) is 0 Å². The predicted molar refractivity (Wildman–Crippen MR) is 196 cm³/mol. The first-order chi connectivity index (χ1) is 23.7. The Bertz CT molecular complexity index is 2400. The fourth-order valence-electron chi connectivity index (χ4n) is 8.79. The maximum Gasteiger partial charge on any atom is 0.128 e. The third-order valence-corrected chi connectivity index (χ3v) is 10.6. The molecular weight excluding hydrogens is 585 g/mol. The molecule has 2 aliphatic carbocycles. The SMILES string of the molecule is Oc1c2c(c3ccccc3c1-c1c(O)c3c(c4ccccc14)-c1ccccc1[C@@H]3c1ccccc1)-c1ccccc1[C@@H]2c1ccccc1. The lowest BCUT2D eigenvalue weighted by molar-refractivity contribution is 0.463. The second kappa shape index (κ2) is 10.2. The van der Waals surface area contributed by atoms with Gasteiger partial charge in [-0.25, -0.2) is 0 Å². The molecule has 48 heavy (non-hydrogen) atoms. The van der Waals surface area contributed by atoms with E-state index < -0.39 is 0 Å². The minimum atomic E-state index is -0.148. The molecule has 0 unspecified atom stereocenters. The van der Waals surface area contributed by atoms with E-state index in [9.17, 15) is 10.2 Å². The maximum absolute atomic E-state index is 12.8. The van der Waals surface area contributed by atoms with Crippen molar-refractivity contribution >= 4 is 21.5 Å². The van der Waals surface area contributed by atoms with E-state index in [1.807, 2.05) is 24.3 Å². The van der Waals surface area contributed by atoms with Gasteiger partial charge in [0.2, 0.25) is 0 Å². The van der Waals surface area contributed by atoms with Crippen LogP contribution >= 0.6 is 0 Å². The zero-order valence-corrected chi connectivity index (χ0v) is 26.1. The molecule has 2 N–H and O–H groups in total. The molecule has 2 nitrogen and oxygen atoms in total. The average molecular weight is 615 g/mol. The molecule has 0 bridgehead atoms. The quantitative estimate of drug-likeness (QED) is 0.208. The highest BCUT2D eigenvalue weighted by Gasteiger charge is 2.39. The van der Waals surface area contributed by atoms with Crippen molar-refractivity contribution in [3.05, 3.63) is 191 Å². The largest absolute Gasteiger partial charge is 0.507 e. The number of fused-ring (bicyclic) bond motifs is 10. The first-order valence-electron chi connectivity index (χ1n) is 16.6. The number of hydrogen-bond donors (Lipinski definition) is 2. The van der Waals surface area contributed by atoms with Crippen molar-refractivity contribution < 1.29 is 10.2 Å². The standard InChI is InChI=1S/C46H30O2/c47-45-41(35-25-13-11-23-33(35)39-31-21-9-7-19-29(31)37(43(39)45)27-15-3-1-4-16-27)42-36-26-14-12-24-34(36)40-32-22-10-8-20-30(32)38(44(40)46(42)48)28-17-5-2-6-18-28/h1-26,37-38,47-48H/t37-,38-/m0/s1. The van der Waals surface area contributed by atoms with E-state index in [0.29, 0.717) is 11.1 Å². The minimum Gasteiger partial charge on any atom is -0.507 e. The molecule has 0 aromatic heterocycles. The molecule has 0 heterocycles. The molecule has 0 saturated heterocycles. The molecule has 8 aromatic carbocycles. The van der Waals surface area contributed by atoms with Crippen LogP contribution < -0.4 is 0 Å². The molecule has 10 rings (SSSR count). The lowest BCUT2D eigenvalue weighted by Crippen LogP contribution is -2.02. The summed E-state index contributed by atoms with van der Waals surface area (Å²) in [5.41, 5.74) is 12.2. The zero-order chi connectivity index (χ0) is 31.9.